The molecule has 0 atom stereocenters. The van der Waals surface area contributed by atoms with Crippen LogP contribution in [-0.4, -0.2) is 59.3 Å². The molecule has 21 heavy (non-hydrogen) atoms. The van der Waals surface area contributed by atoms with Crippen LogP contribution in [0.2, 0.25) is 0 Å². The number of nitrogens with one attached hydrogen (secondary N) is 1. The van der Waals surface area contributed by atoms with E-state index in [0.29, 0.717) is 12.0 Å². The van der Waals surface area contributed by atoms with Crippen molar-refractivity contribution < 1.29 is 4.74 Å². The van der Waals surface area contributed by atoms with E-state index in [1.54, 1.807) is 0 Å². The molecule has 122 valence electrons. The average molecular weight is 297 g/mol. The SMILES string of the molecule is CC(C)CNCc1cn(CCN(C)CCOC(C)C)nn1. The van der Waals surface area contributed by atoms with Crippen molar-refractivity contribution in [2.24, 2.45) is 5.92 Å². The summed E-state index contributed by atoms with van der Waals surface area (Å²) in [5.74, 6) is 0.654. The van der Waals surface area contributed by atoms with Crippen molar-refractivity contribution in [1.29, 1.82) is 0 Å². The van der Waals surface area contributed by atoms with E-state index in [2.05, 4.69) is 55.3 Å². The van der Waals surface area contributed by atoms with Gasteiger partial charge in [-0.3, -0.25) is 4.68 Å². The molecule has 0 aliphatic heterocycles. The molecule has 6 nitrogen and oxygen atoms in total. The van der Waals surface area contributed by atoms with E-state index in [4.69, 9.17) is 4.74 Å². The fourth-order valence-corrected chi connectivity index (χ4v) is 1.85. The van der Waals surface area contributed by atoms with Gasteiger partial charge < -0.3 is 15.0 Å². The number of hydrogen-bond donors (Lipinski definition) is 1. The van der Waals surface area contributed by atoms with E-state index in [9.17, 15) is 0 Å². The topological polar surface area (TPSA) is 55.2 Å². The smallest absolute Gasteiger partial charge is 0.0964 e. The van der Waals surface area contributed by atoms with Crippen LogP contribution in [0.3, 0.4) is 0 Å². The molecular weight excluding hydrogens is 266 g/mol. The van der Waals surface area contributed by atoms with Gasteiger partial charge in [0.15, 0.2) is 0 Å². The zero-order chi connectivity index (χ0) is 15.7. The van der Waals surface area contributed by atoms with Crippen molar-refractivity contribution in [3.63, 3.8) is 0 Å². The summed E-state index contributed by atoms with van der Waals surface area (Å²) >= 11 is 0. The summed E-state index contributed by atoms with van der Waals surface area (Å²) in [6, 6.07) is 0. The minimum Gasteiger partial charge on any atom is -0.377 e. The van der Waals surface area contributed by atoms with Gasteiger partial charge >= 0.3 is 0 Å². The van der Waals surface area contributed by atoms with E-state index in [-0.39, 0.29) is 0 Å². The van der Waals surface area contributed by atoms with Crippen LogP contribution in [0.25, 0.3) is 0 Å². The number of aromatic nitrogens is 3. The van der Waals surface area contributed by atoms with Crippen LogP contribution in [0.4, 0.5) is 0 Å². The van der Waals surface area contributed by atoms with E-state index in [1.165, 1.54) is 0 Å². The van der Waals surface area contributed by atoms with E-state index >= 15 is 0 Å². The average Bonchev–Trinajstić information content (AvgIpc) is 2.83. The zero-order valence-corrected chi connectivity index (χ0v) is 14.2. The maximum atomic E-state index is 5.55. The molecule has 0 fully saturated rings. The number of hydrogen-bond acceptors (Lipinski definition) is 5. The highest BCUT2D eigenvalue weighted by Crippen LogP contribution is 1.96. The summed E-state index contributed by atoms with van der Waals surface area (Å²) in [7, 11) is 2.10. The van der Waals surface area contributed by atoms with Crippen LogP contribution in [0.1, 0.15) is 33.4 Å². The summed E-state index contributed by atoms with van der Waals surface area (Å²) in [6.45, 7) is 13.8. The molecule has 0 saturated carbocycles. The molecule has 0 spiro atoms. The standard InChI is InChI=1S/C15H31N5O/c1-13(2)10-16-11-15-12-20(18-17-15)7-6-19(5)8-9-21-14(3)4/h12-14,16H,6-11H2,1-5H3. The second-order valence-corrected chi connectivity index (χ2v) is 6.22. The lowest BCUT2D eigenvalue weighted by atomic mass is 10.2. The number of rotatable bonds is 11. The van der Waals surface area contributed by atoms with Crippen molar-refractivity contribution in [3.8, 4) is 0 Å². The van der Waals surface area contributed by atoms with Gasteiger partial charge in [-0.1, -0.05) is 19.1 Å². The Morgan fingerprint density at radius 3 is 2.71 bits per heavy atom. The molecule has 0 aliphatic carbocycles. The molecule has 1 aromatic rings. The first kappa shape index (κ1) is 18.1. The van der Waals surface area contributed by atoms with Gasteiger partial charge in [0.1, 0.15) is 0 Å². The monoisotopic (exact) mass is 297 g/mol. The fraction of sp³-hybridized carbons (Fsp3) is 0.867. The highest BCUT2D eigenvalue weighted by Gasteiger charge is 2.04. The predicted molar refractivity (Wildman–Crippen MR) is 85.2 cm³/mol. The Bertz CT molecular complexity index is 378. The number of nitrogens with zero attached hydrogens (tertiary/aromatic N) is 4. The summed E-state index contributed by atoms with van der Waals surface area (Å²) in [5, 5.41) is 11.7. The van der Waals surface area contributed by atoms with Gasteiger partial charge in [0, 0.05) is 25.8 Å². The van der Waals surface area contributed by atoms with Crippen LogP contribution < -0.4 is 5.32 Å². The Kier molecular flexibility index (Phi) is 8.49. The van der Waals surface area contributed by atoms with Crippen LogP contribution in [0.5, 0.6) is 0 Å². The third kappa shape index (κ3) is 8.80. The predicted octanol–water partition coefficient (Wildman–Crippen LogP) is 1.38. The molecule has 0 bridgehead atoms. The Hall–Kier alpha value is -0.980. The van der Waals surface area contributed by atoms with Crippen LogP contribution >= 0.6 is 0 Å². The second-order valence-electron chi connectivity index (χ2n) is 6.22. The van der Waals surface area contributed by atoms with Gasteiger partial charge in [0.25, 0.3) is 0 Å². The fourth-order valence-electron chi connectivity index (χ4n) is 1.85. The highest BCUT2D eigenvalue weighted by molar-refractivity contribution is 4.91. The molecule has 0 aromatic carbocycles. The molecule has 0 amide bonds. The molecule has 1 aromatic heterocycles. The van der Waals surface area contributed by atoms with Crippen LogP contribution in [0, 0.1) is 5.92 Å². The van der Waals surface area contributed by atoms with Crippen molar-refractivity contribution in [2.45, 2.75) is 46.9 Å². The molecule has 1 heterocycles. The molecule has 0 unspecified atom stereocenters. The largest absolute Gasteiger partial charge is 0.377 e. The van der Waals surface area contributed by atoms with Crippen molar-refractivity contribution in [3.05, 3.63) is 11.9 Å². The van der Waals surface area contributed by atoms with Gasteiger partial charge in [0.05, 0.1) is 24.9 Å². The third-order valence-electron chi connectivity index (χ3n) is 3.08. The molecule has 0 saturated heterocycles. The summed E-state index contributed by atoms with van der Waals surface area (Å²) < 4.78 is 7.46. The lowest BCUT2D eigenvalue weighted by Crippen LogP contribution is -2.28. The number of likely N-dealkylation sites (N-methyl/N-ethyl adjacent to an activating group) is 1. The molecule has 0 aliphatic rings. The highest BCUT2D eigenvalue weighted by atomic mass is 16.5. The summed E-state index contributed by atoms with van der Waals surface area (Å²) in [6.07, 6.45) is 2.32. The van der Waals surface area contributed by atoms with Gasteiger partial charge in [-0.15, -0.1) is 5.10 Å². The first-order chi connectivity index (χ1) is 9.97. The molecule has 6 heteroatoms. The summed E-state index contributed by atoms with van der Waals surface area (Å²) in [5.41, 5.74) is 1.00. The van der Waals surface area contributed by atoms with Crippen molar-refractivity contribution in [1.82, 2.24) is 25.2 Å². The van der Waals surface area contributed by atoms with Gasteiger partial charge in [-0.05, 0) is 33.4 Å². The maximum absolute atomic E-state index is 5.55. The van der Waals surface area contributed by atoms with Crippen molar-refractivity contribution in [2.75, 3.05) is 33.3 Å². The quantitative estimate of drug-likeness (QED) is 0.669. The minimum absolute atomic E-state index is 0.301. The normalized spacial score (nSPS) is 12.0. The Balaban J connectivity index is 2.18. The van der Waals surface area contributed by atoms with Gasteiger partial charge in [0.2, 0.25) is 0 Å². The van der Waals surface area contributed by atoms with E-state index in [0.717, 1.165) is 45.0 Å². The first-order valence-electron chi connectivity index (χ1n) is 7.87. The van der Waals surface area contributed by atoms with Crippen LogP contribution in [-0.2, 0) is 17.8 Å². The van der Waals surface area contributed by atoms with Gasteiger partial charge in [-0.25, -0.2) is 0 Å². The Morgan fingerprint density at radius 1 is 1.29 bits per heavy atom. The first-order valence-corrected chi connectivity index (χ1v) is 7.87. The lowest BCUT2D eigenvalue weighted by Gasteiger charge is -2.17. The Labute approximate surface area is 128 Å². The van der Waals surface area contributed by atoms with Crippen LogP contribution in [0.15, 0.2) is 6.20 Å². The van der Waals surface area contributed by atoms with E-state index < -0.39 is 0 Å². The zero-order valence-electron chi connectivity index (χ0n) is 14.2. The third-order valence-corrected chi connectivity index (χ3v) is 3.08. The van der Waals surface area contributed by atoms with Gasteiger partial charge in [-0.2, -0.15) is 0 Å². The molecule has 1 N–H and O–H groups in total. The molecular formula is C15H31N5O. The number of ether oxygens (including phenoxy) is 1. The Morgan fingerprint density at radius 2 is 2.05 bits per heavy atom. The minimum atomic E-state index is 0.301. The second kappa shape index (κ2) is 9.87. The van der Waals surface area contributed by atoms with E-state index in [1.807, 2.05) is 10.9 Å². The van der Waals surface area contributed by atoms with Crippen molar-refractivity contribution >= 4 is 0 Å². The molecule has 1 rings (SSSR count). The lowest BCUT2D eigenvalue weighted by molar-refractivity contribution is 0.0631. The molecule has 0 radical (unpaired) electrons. The summed E-state index contributed by atoms with van der Waals surface area (Å²) in [4.78, 5) is 2.25. The maximum Gasteiger partial charge on any atom is 0.0964 e.